The number of hydrogen-bond donors (Lipinski definition) is 3. The maximum atomic E-state index is 9.47. The van der Waals surface area contributed by atoms with E-state index in [-0.39, 0.29) is 12.4 Å². The van der Waals surface area contributed by atoms with Crippen LogP contribution in [0.4, 0.5) is 0 Å². The molecule has 0 aromatic rings. The first-order valence-corrected chi connectivity index (χ1v) is 4.09. The van der Waals surface area contributed by atoms with E-state index in [0.717, 1.165) is 0 Å². The first-order chi connectivity index (χ1) is 6.65. The van der Waals surface area contributed by atoms with Gasteiger partial charge >= 0.3 is 0 Å². The number of aliphatic hydroxyl groups excluding tert-OH is 3. The molecule has 0 radical (unpaired) electrons. The Morgan fingerprint density at radius 3 is 2.29 bits per heavy atom. The molecular weight excluding hydrogens is 192 g/mol. The topological polar surface area (TPSA) is 88.4 Å². The van der Waals surface area contributed by atoms with E-state index in [1.807, 2.05) is 0 Å². The normalized spacial score (nSPS) is 33.5. The fraction of sp³-hybridized carbons (Fsp3) is 0.750. The van der Waals surface area contributed by atoms with Gasteiger partial charge in [0.15, 0.2) is 11.5 Å². The van der Waals surface area contributed by atoms with Gasteiger partial charge in [-0.05, 0) is 0 Å². The molecule has 0 aromatic heterocycles. The summed E-state index contributed by atoms with van der Waals surface area (Å²) in [4.78, 5) is 0. The largest absolute Gasteiger partial charge is 0.506 e. The van der Waals surface area contributed by atoms with Crippen molar-refractivity contribution in [3.05, 3.63) is 11.5 Å². The number of methoxy groups -OCH3 is 2. The molecular formula is C8H14O6. The fourth-order valence-corrected chi connectivity index (χ4v) is 1.31. The van der Waals surface area contributed by atoms with Gasteiger partial charge in [-0.25, -0.2) is 0 Å². The molecule has 3 atom stereocenters. The molecule has 0 bridgehead atoms. The average Bonchev–Trinajstić information content (AvgIpc) is 2.21. The minimum absolute atomic E-state index is 0.338. The summed E-state index contributed by atoms with van der Waals surface area (Å²) in [5, 5.41) is 27.8. The first-order valence-electron chi connectivity index (χ1n) is 4.09. The van der Waals surface area contributed by atoms with Crippen molar-refractivity contribution in [3.63, 3.8) is 0 Å². The minimum Gasteiger partial charge on any atom is -0.506 e. The van der Waals surface area contributed by atoms with Gasteiger partial charge in [0.05, 0.1) is 6.61 Å². The van der Waals surface area contributed by atoms with Crippen LogP contribution < -0.4 is 0 Å². The fourth-order valence-electron chi connectivity index (χ4n) is 1.31. The van der Waals surface area contributed by atoms with Crippen molar-refractivity contribution in [2.75, 3.05) is 20.8 Å². The zero-order valence-corrected chi connectivity index (χ0v) is 8.01. The van der Waals surface area contributed by atoms with Crippen LogP contribution in [0.15, 0.2) is 11.5 Å². The third-order valence-corrected chi connectivity index (χ3v) is 2.04. The Labute approximate surface area is 81.3 Å². The molecule has 0 saturated heterocycles. The number of aliphatic hydroxyl groups is 3. The molecule has 14 heavy (non-hydrogen) atoms. The van der Waals surface area contributed by atoms with E-state index in [4.69, 9.17) is 19.3 Å². The third-order valence-electron chi connectivity index (χ3n) is 2.04. The van der Waals surface area contributed by atoms with Crippen molar-refractivity contribution in [2.24, 2.45) is 0 Å². The Bertz CT molecular complexity index is 226. The highest BCUT2D eigenvalue weighted by molar-refractivity contribution is 5.12. The maximum Gasteiger partial charge on any atom is 0.220 e. The van der Waals surface area contributed by atoms with Crippen molar-refractivity contribution >= 4 is 0 Å². The Balaban J connectivity index is 2.91. The van der Waals surface area contributed by atoms with Crippen LogP contribution in [0.25, 0.3) is 0 Å². The van der Waals surface area contributed by atoms with Gasteiger partial charge in [-0.2, -0.15) is 0 Å². The smallest absolute Gasteiger partial charge is 0.220 e. The number of hydrogen-bond acceptors (Lipinski definition) is 6. The molecule has 1 heterocycles. The predicted molar refractivity (Wildman–Crippen MR) is 45.8 cm³/mol. The van der Waals surface area contributed by atoms with Gasteiger partial charge in [-0.3, -0.25) is 0 Å². The lowest BCUT2D eigenvalue weighted by Gasteiger charge is -2.32. The second-order valence-corrected chi connectivity index (χ2v) is 2.85. The van der Waals surface area contributed by atoms with Crippen LogP contribution in [0.3, 0.4) is 0 Å². The summed E-state index contributed by atoms with van der Waals surface area (Å²) >= 11 is 0. The molecule has 1 aliphatic rings. The summed E-state index contributed by atoms with van der Waals surface area (Å²) in [5.74, 6) is -0.797. The minimum atomic E-state index is -1.06. The second kappa shape index (κ2) is 4.61. The van der Waals surface area contributed by atoms with Crippen LogP contribution in [-0.4, -0.2) is 54.6 Å². The van der Waals surface area contributed by atoms with E-state index in [2.05, 4.69) is 0 Å². The average molecular weight is 206 g/mol. The number of ether oxygens (including phenoxy) is 3. The van der Waals surface area contributed by atoms with Crippen LogP contribution >= 0.6 is 0 Å². The molecule has 6 nitrogen and oxygen atoms in total. The SMILES string of the molecule is COC1C(O)=C(O)[C@H](OC)OC1CO. The Morgan fingerprint density at radius 1 is 1.21 bits per heavy atom. The monoisotopic (exact) mass is 206 g/mol. The molecule has 3 N–H and O–H groups in total. The van der Waals surface area contributed by atoms with Crippen molar-refractivity contribution in [3.8, 4) is 0 Å². The van der Waals surface area contributed by atoms with Gasteiger partial charge in [0, 0.05) is 14.2 Å². The lowest BCUT2D eigenvalue weighted by Crippen LogP contribution is -2.45. The molecule has 0 saturated carbocycles. The zero-order valence-electron chi connectivity index (χ0n) is 8.01. The van der Waals surface area contributed by atoms with E-state index in [1.165, 1.54) is 14.2 Å². The molecule has 0 fully saturated rings. The summed E-state index contributed by atoms with van der Waals surface area (Å²) in [6, 6.07) is 0. The summed E-state index contributed by atoms with van der Waals surface area (Å²) in [6.45, 7) is -0.338. The van der Waals surface area contributed by atoms with Gasteiger partial charge in [-0.15, -0.1) is 0 Å². The lowest BCUT2D eigenvalue weighted by molar-refractivity contribution is -0.205. The van der Waals surface area contributed by atoms with Gasteiger partial charge in [-0.1, -0.05) is 0 Å². The number of rotatable bonds is 3. The van der Waals surface area contributed by atoms with E-state index < -0.39 is 24.3 Å². The van der Waals surface area contributed by atoms with Crippen molar-refractivity contribution < 1.29 is 29.5 Å². The lowest BCUT2D eigenvalue weighted by atomic mass is 10.1. The Hall–Kier alpha value is -0.820. The van der Waals surface area contributed by atoms with Gasteiger partial charge in [0.25, 0.3) is 0 Å². The van der Waals surface area contributed by atoms with Crippen LogP contribution in [0.1, 0.15) is 0 Å². The highest BCUT2D eigenvalue weighted by Gasteiger charge is 2.38. The molecule has 6 heteroatoms. The molecule has 0 amide bonds. The van der Waals surface area contributed by atoms with E-state index in [1.54, 1.807) is 0 Å². The maximum absolute atomic E-state index is 9.47. The zero-order chi connectivity index (χ0) is 10.7. The van der Waals surface area contributed by atoms with E-state index >= 15 is 0 Å². The Morgan fingerprint density at radius 2 is 1.86 bits per heavy atom. The molecule has 0 aliphatic carbocycles. The standard InChI is InChI=1S/C8H14O6/c1-12-7-4(3-9)14-8(13-2)6(11)5(7)10/h4,7-11H,3H2,1-2H3/t4?,7?,8-/m1/s1. The highest BCUT2D eigenvalue weighted by atomic mass is 16.7. The van der Waals surface area contributed by atoms with Crippen LogP contribution in [0.2, 0.25) is 0 Å². The Kier molecular flexibility index (Phi) is 3.70. The van der Waals surface area contributed by atoms with E-state index in [9.17, 15) is 10.2 Å². The van der Waals surface area contributed by atoms with Gasteiger partial charge in [0.1, 0.15) is 12.2 Å². The van der Waals surface area contributed by atoms with Crippen molar-refractivity contribution in [2.45, 2.75) is 18.5 Å². The molecule has 1 rings (SSSR count). The summed E-state index contributed by atoms with van der Waals surface area (Å²) in [7, 11) is 2.66. The first kappa shape index (κ1) is 11.3. The molecule has 0 spiro atoms. The van der Waals surface area contributed by atoms with Crippen LogP contribution in [0, 0.1) is 0 Å². The molecule has 2 unspecified atom stereocenters. The highest BCUT2D eigenvalue weighted by Crippen LogP contribution is 2.25. The van der Waals surface area contributed by atoms with Crippen molar-refractivity contribution in [1.82, 2.24) is 0 Å². The second-order valence-electron chi connectivity index (χ2n) is 2.85. The van der Waals surface area contributed by atoms with E-state index in [0.29, 0.717) is 0 Å². The molecule has 1 aliphatic heterocycles. The quantitative estimate of drug-likeness (QED) is 0.587. The van der Waals surface area contributed by atoms with Gasteiger partial charge in [0.2, 0.25) is 6.29 Å². The summed E-state index contributed by atoms with van der Waals surface area (Å²) in [5.41, 5.74) is 0. The van der Waals surface area contributed by atoms with Crippen molar-refractivity contribution in [1.29, 1.82) is 0 Å². The summed E-state index contributed by atoms with van der Waals surface area (Å²) < 4.78 is 14.7. The van der Waals surface area contributed by atoms with Crippen LogP contribution in [0.5, 0.6) is 0 Å². The van der Waals surface area contributed by atoms with Gasteiger partial charge < -0.3 is 29.5 Å². The third kappa shape index (κ3) is 1.83. The van der Waals surface area contributed by atoms with Crippen LogP contribution in [-0.2, 0) is 14.2 Å². The summed E-state index contributed by atoms with van der Waals surface area (Å²) in [6.07, 6.45) is -2.68. The predicted octanol–water partition coefficient (Wildman–Crippen LogP) is -0.307. The molecule has 82 valence electrons. The molecule has 0 aromatic carbocycles.